The van der Waals surface area contributed by atoms with Gasteiger partial charge in [-0.05, 0) is 25.1 Å². The first kappa shape index (κ1) is 12.7. The van der Waals surface area contributed by atoms with Crippen molar-refractivity contribution >= 4 is 12.4 Å². The van der Waals surface area contributed by atoms with Crippen LogP contribution >= 0.6 is 12.4 Å². The average molecular weight is 268 g/mol. The first-order chi connectivity index (χ1) is 8.24. The number of fused-ring (bicyclic) bond motifs is 1. The predicted molar refractivity (Wildman–Crippen MR) is 70.0 cm³/mol. The molecule has 1 aliphatic heterocycles. The van der Waals surface area contributed by atoms with E-state index in [0.29, 0.717) is 0 Å². The predicted octanol–water partition coefficient (Wildman–Crippen LogP) is 2.25. The summed E-state index contributed by atoms with van der Waals surface area (Å²) >= 11 is 0. The van der Waals surface area contributed by atoms with E-state index in [0.717, 1.165) is 28.6 Å². The number of rotatable bonds is 2. The average Bonchev–Trinajstić information content (AvgIpc) is 2.97. The lowest BCUT2D eigenvalue weighted by Crippen LogP contribution is -2.06. The normalized spacial score (nSPS) is 14.1. The third-order valence-electron chi connectivity index (χ3n) is 2.71. The molecule has 2 aromatic rings. The van der Waals surface area contributed by atoms with Crippen molar-refractivity contribution in [3.63, 3.8) is 0 Å². The van der Waals surface area contributed by atoms with E-state index in [1.165, 1.54) is 0 Å². The van der Waals surface area contributed by atoms with Crippen LogP contribution in [-0.2, 0) is 0 Å². The smallest absolute Gasteiger partial charge is 0.231 e. The van der Waals surface area contributed by atoms with E-state index >= 15 is 0 Å². The molecule has 5 nitrogen and oxygen atoms in total. The highest BCUT2D eigenvalue weighted by molar-refractivity contribution is 5.85. The number of aromatic amines is 1. The highest BCUT2D eigenvalue weighted by Crippen LogP contribution is 2.35. The van der Waals surface area contributed by atoms with Crippen LogP contribution in [0.2, 0.25) is 0 Å². The molecule has 0 bridgehead atoms. The van der Waals surface area contributed by atoms with Gasteiger partial charge in [0.2, 0.25) is 6.79 Å². The van der Waals surface area contributed by atoms with Crippen molar-refractivity contribution < 1.29 is 9.47 Å². The first-order valence-electron chi connectivity index (χ1n) is 5.44. The Hall–Kier alpha value is -1.72. The zero-order chi connectivity index (χ0) is 11.8. The zero-order valence-electron chi connectivity index (χ0n) is 9.84. The van der Waals surface area contributed by atoms with Crippen LogP contribution in [0.4, 0.5) is 0 Å². The summed E-state index contributed by atoms with van der Waals surface area (Å²) in [6.45, 7) is 2.18. The first-order valence-corrected chi connectivity index (χ1v) is 5.44. The van der Waals surface area contributed by atoms with E-state index in [1.54, 1.807) is 6.20 Å². The van der Waals surface area contributed by atoms with Crippen molar-refractivity contribution in [1.82, 2.24) is 9.97 Å². The molecule has 18 heavy (non-hydrogen) atoms. The third kappa shape index (κ3) is 2.14. The minimum atomic E-state index is -0.0993. The van der Waals surface area contributed by atoms with Gasteiger partial charge in [-0.25, -0.2) is 4.98 Å². The summed E-state index contributed by atoms with van der Waals surface area (Å²) in [7, 11) is 0. The minimum absolute atomic E-state index is 0. The summed E-state index contributed by atoms with van der Waals surface area (Å²) < 4.78 is 10.6. The molecule has 6 heteroatoms. The lowest BCUT2D eigenvalue weighted by atomic mass is 10.1. The molecule has 96 valence electrons. The zero-order valence-corrected chi connectivity index (χ0v) is 10.7. The Balaban J connectivity index is 0.00000120. The maximum Gasteiger partial charge on any atom is 0.231 e. The van der Waals surface area contributed by atoms with E-state index in [2.05, 4.69) is 9.97 Å². The second-order valence-corrected chi connectivity index (χ2v) is 4.04. The number of aromatic nitrogens is 2. The molecule has 1 aliphatic rings. The number of nitrogens with two attached hydrogens (primary N) is 1. The largest absolute Gasteiger partial charge is 0.454 e. The van der Waals surface area contributed by atoms with Crippen LogP contribution in [-0.4, -0.2) is 16.8 Å². The Bertz CT molecular complexity index is 554. The van der Waals surface area contributed by atoms with Crippen LogP contribution in [0, 0.1) is 0 Å². The van der Waals surface area contributed by atoms with Crippen LogP contribution in [0.25, 0.3) is 11.3 Å². The van der Waals surface area contributed by atoms with Gasteiger partial charge in [0.15, 0.2) is 11.5 Å². The molecule has 0 fully saturated rings. The Morgan fingerprint density at radius 3 is 2.83 bits per heavy atom. The summed E-state index contributed by atoms with van der Waals surface area (Å²) in [5, 5.41) is 0. The number of H-pyrrole nitrogens is 1. The summed E-state index contributed by atoms with van der Waals surface area (Å²) in [6.07, 6.45) is 1.77. The molecule has 1 aromatic carbocycles. The summed E-state index contributed by atoms with van der Waals surface area (Å²) in [6, 6.07) is 5.69. The van der Waals surface area contributed by atoms with E-state index in [-0.39, 0.29) is 25.2 Å². The number of ether oxygens (including phenoxy) is 2. The Morgan fingerprint density at radius 1 is 1.33 bits per heavy atom. The van der Waals surface area contributed by atoms with Gasteiger partial charge in [0, 0.05) is 5.56 Å². The fourth-order valence-corrected chi connectivity index (χ4v) is 1.78. The van der Waals surface area contributed by atoms with Gasteiger partial charge < -0.3 is 20.2 Å². The number of hydrogen-bond donors (Lipinski definition) is 2. The number of nitrogens with one attached hydrogen (secondary N) is 1. The second kappa shape index (κ2) is 4.88. The second-order valence-electron chi connectivity index (χ2n) is 4.04. The molecule has 0 saturated carbocycles. The fraction of sp³-hybridized carbons (Fsp3) is 0.250. The van der Waals surface area contributed by atoms with Crippen LogP contribution in [0.5, 0.6) is 11.5 Å². The van der Waals surface area contributed by atoms with Gasteiger partial charge in [-0.2, -0.15) is 0 Å². The molecule has 1 unspecified atom stereocenters. The molecule has 0 spiro atoms. The number of halogens is 1. The van der Waals surface area contributed by atoms with Crippen molar-refractivity contribution in [2.24, 2.45) is 5.73 Å². The molecule has 0 radical (unpaired) electrons. The van der Waals surface area contributed by atoms with Gasteiger partial charge in [0.1, 0.15) is 5.82 Å². The lowest BCUT2D eigenvalue weighted by Gasteiger charge is -2.01. The summed E-state index contributed by atoms with van der Waals surface area (Å²) in [4.78, 5) is 7.42. The van der Waals surface area contributed by atoms with E-state index < -0.39 is 0 Å². The standard InChI is InChI=1S/C12H13N3O2.ClH/c1-7(13)12-14-5-9(15-12)8-2-3-10-11(4-8)17-6-16-10;/h2-5,7H,6,13H2,1H3,(H,14,15);1H. The maximum atomic E-state index is 5.76. The monoisotopic (exact) mass is 267 g/mol. The van der Waals surface area contributed by atoms with Crippen LogP contribution in [0.3, 0.4) is 0 Å². The van der Waals surface area contributed by atoms with Crippen molar-refractivity contribution in [1.29, 1.82) is 0 Å². The van der Waals surface area contributed by atoms with Gasteiger partial charge in [0.25, 0.3) is 0 Å². The summed E-state index contributed by atoms with van der Waals surface area (Å²) in [5.74, 6) is 2.32. The van der Waals surface area contributed by atoms with E-state index in [1.807, 2.05) is 25.1 Å². The van der Waals surface area contributed by atoms with Gasteiger partial charge >= 0.3 is 0 Å². The molecule has 0 amide bonds. The molecule has 0 aliphatic carbocycles. The Labute approximate surface area is 111 Å². The highest BCUT2D eigenvalue weighted by Gasteiger charge is 2.15. The van der Waals surface area contributed by atoms with Gasteiger partial charge in [0.05, 0.1) is 17.9 Å². The number of benzene rings is 1. The Kier molecular flexibility index (Phi) is 3.45. The van der Waals surface area contributed by atoms with Crippen molar-refractivity contribution in [3.05, 3.63) is 30.2 Å². The van der Waals surface area contributed by atoms with Gasteiger partial charge in [-0.1, -0.05) is 0 Å². The van der Waals surface area contributed by atoms with Crippen LogP contribution in [0.1, 0.15) is 18.8 Å². The fourth-order valence-electron chi connectivity index (χ4n) is 1.78. The van der Waals surface area contributed by atoms with Crippen molar-refractivity contribution in [2.75, 3.05) is 6.79 Å². The number of nitrogens with zero attached hydrogens (tertiary/aromatic N) is 1. The third-order valence-corrected chi connectivity index (χ3v) is 2.71. The Morgan fingerprint density at radius 2 is 2.11 bits per heavy atom. The number of imidazole rings is 1. The molecule has 0 saturated heterocycles. The topological polar surface area (TPSA) is 73.2 Å². The molecule has 2 heterocycles. The molecule has 3 N–H and O–H groups in total. The van der Waals surface area contributed by atoms with Crippen molar-refractivity contribution in [3.8, 4) is 22.8 Å². The number of hydrogen-bond acceptors (Lipinski definition) is 4. The van der Waals surface area contributed by atoms with Crippen LogP contribution in [0.15, 0.2) is 24.4 Å². The quantitative estimate of drug-likeness (QED) is 0.875. The highest BCUT2D eigenvalue weighted by atomic mass is 35.5. The summed E-state index contributed by atoms with van der Waals surface area (Å²) in [5.41, 5.74) is 7.69. The SMILES string of the molecule is CC(N)c1ncc(-c2ccc3c(c2)OCO3)[nH]1.Cl. The molecular weight excluding hydrogens is 254 g/mol. The maximum absolute atomic E-state index is 5.76. The molecule has 1 atom stereocenters. The van der Waals surface area contributed by atoms with Gasteiger partial charge in [-0.15, -0.1) is 12.4 Å². The molecule has 3 rings (SSSR count). The van der Waals surface area contributed by atoms with Crippen LogP contribution < -0.4 is 15.2 Å². The molecule has 1 aromatic heterocycles. The van der Waals surface area contributed by atoms with Crippen molar-refractivity contribution in [2.45, 2.75) is 13.0 Å². The minimum Gasteiger partial charge on any atom is -0.454 e. The van der Waals surface area contributed by atoms with E-state index in [9.17, 15) is 0 Å². The molecular formula is C12H14ClN3O2. The lowest BCUT2D eigenvalue weighted by molar-refractivity contribution is 0.174. The van der Waals surface area contributed by atoms with Gasteiger partial charge in [-0.3, -0.25) is 0 Å². The van der Waals surface area contributed by atoms with E-state index in [4.69, 9.17) is 15.2 Å².